The van der Waals surface area contributed by atoms with E-state index in [1.165, 1.54) is 0 Å². The molecule has 0 fully saturated rings. The molecule has 0 atom stereocenters. The van der Waals surface area contributed by atoms with Crippen LogP contribution in [0.15, 0.2) is 4.42 Å². The summed E-state index contributed by atoms with van der Waals surface area (Å²) in [5, 5.41) is 8.82. The number of aromatic nitrogens is 1. The van der Waals surface area contributed by atoms with E-state index < -0.39 is 0 Å². The molecule has 0 aromatic carbocycles. The molecule has 14 heavy (non-hydrogen) atoms. The Balaban J connectivity index is 2.83. The fourth-order valence-corrected chi connectivity index (χ4v) is 1.60. The van der Waals surface area contributed by atoms with Gasteiger partial charge in [-0.15, -0.1) is 0 Å². The lowest BCUT2D eigenvalue weighted by atomic mass is 10.0. The molecule has 3 nitrogen and oxygen atoms in total. The lowest BCUT2D eigenvalue weighted by Crippen LogP contribution is -1.97. The Morgan fingerprint density at radius 3 is 2.50 bits per heavy atom. The Hall–Kier alpha value is -0.830. The van der Waals surface area contributed by atoms with Gasteiger partial charge in [0.25, 0.3) is 0 Å². The van der Waals surface area contributed by atoms with E-state index in [1.807, 2.05) is 6.92 Å². The normalized spacial score (nSPS) is 11.2. The molecule has 0 spiro atoms. The van der Waals surface area contributed by atoms with Crippen LogP contribution in [0.2, 0.25) is 0 Å². The highest BCUT2D eigenvalue weighted by Crippen LogP contribution is 2.24. The molecule has 0 radical (unpaired) electrons. The zero-order valence-electron chi connectivity index (χ0n) is 9.21. The molecule has 1 N–H and O–H groups in total. The molecule has 0 aliphatic heterocycles. The van der Waals surface area contributed by atoms with Crippen LogP contribution in [0.1, 0.15) is 50.0 Å². The van der Waals surface area contributed by atoms with Gasteiger partial charge in [0.1, 0.15) is 5.76 Å². The molecule has 0 amide bonds. The van der Waals surface area contributed by atoms with Gasteiger partial charge in [0.15, 0.2) is 5.89 Å². The van der Waals surface area contributed by atoms with Crippen molar-refractivity contribution in [1.82, 2.24) is 4.98 Å². The second-order valence-electron chi connectivity index (χ2n) is 3.54. The lowest BCUT2D eigenvalue weighted by Gasteiger charge is -2.05. The highest BCUT2D eigenvalue weighted by Gasteiger charge is 2.15. The molecular weight excluding hydrogens is 178 g/mol. The van der Waals surface area contributed by atoms with Gasteiger partial charge in [-0.25, -0.2) is 4.98 Å². The van der Waals surface area contributed by atoms with Crippen LogP contribution in [-0.2, 0) is 6.42 Å². The summed E-state index contributed by atoms with van der Waals surface area (Å²) >= 11 is 0. The van der Waals surface area contributed by atoms with Crippen molar-refractivity contribution in [2.75, 3.05) is 6.61 Å². The summed E-state index contributed by atoms with van der Waals surface area (Å²) < 4.78 is 5.59. The minimum Gasteiger partial charge on any atom is -0.445 e. The summed E-state index contributed by atoms with van der Waals surface area (Å²) in [6.07, 6.45) is 2.69. The highest BCUT2D eigenvalue weighted by atomic mass is 16.4. The Morgan fingerprint density at radius 2 is 2.00 bits per heavy atom. The van der Waals surface area contributed by atoms with Gasteiger partial charge < -0.3 is 9.52 Å². The number of hydrogen-bond donors (Lipinski definition) is 1. The zero-order chi connectivity index (χ0) is 10.6. The van der Waals surface area contributed by atoms with Crippen LogP contribution < -0.4 is 0 Å². The predicted molar refractivity (Wildman–Crippen MR) is 55.4 cm³/mol. The smallest absolute Gasteiger partial charge is 0.197 e. The van der Waals surface area contributed by atoms with Gasteiger partial charge in [-0.05, 0) is 19.8 Å². The Labute approximate surface area is 85.2 Å². The summed E-state index contributed by atoms with van der Waals surface area (Å²) in [6.45, 7) is 6.32. The maximum Gasteiger partial charge on any atom is 0.197 e. The van der Waals surface area contributed by atoms with Gasteiger partial charge in [-0.3, -0.25) is 0 Å². The van der Waals surface area contributed by atoms with Crippen molar-refractivity contribution >= 4 is 0 Å². The second kappa shape index (κ2) is 5.15. The molecular formula is C11H19NO2. The van der Waals surface area contributed by atoms with E-state index >= 15 is 0 Å². The minimum atomic E-state index is 0.135. The van der Waals surface area contributed by atoms with Gasteiger partial charge in [0, 0.05) is 18.9 Å². The van der Waals surface area contributed by atoms with E-state index in [2.05, 4.69) is 18.8 Å². The molecule has 0 aliphatic rings. The van der Waals surface area contributed by atoms with Crippen LogP contribution in [0.25, 0.3) is 0 Å². The Bertz CT molecular complexity index is 277. The molecule has 0 saturated heterocycles. The van der Waals surface area contributed by atoms with Crippen LogP contribution in [-0.4, -0.2) is 16.7 Å². The zero-order valence-corrected chi connectivity index (χ0v) is 9.21. The Morgan fingerprint density at radius 1 is 1.36 bits per heavy atom. The molecule has 1 rings (SSSR count). The van der Waals surface area contributed by atoms with E-state index in [-0.39, 0.29) is 6.61 Å². The number of aryl methyl sites for hydroxylation is 1. The van der Waals surface area contributed by atoms with Gasteiger partial charge in [-0.1, -0.05) is 13.8 Å². The third-order valence-electron chi connectivity index (χ3n) is 2.59. The predicted octanol–water partition coefficient (Wildman–Crippen LogP) is 2.42. The van der Waals surface area contributed by atoms with Crippen LogP contribution in [0.3, 0.4) is 0 Å². The molecule has 0 saturated carbocycles. The molecule has 1 heterocycles. The van der Waals surface area contributed by atoms with Crippen molar-refractivity contribution < 1.29 is 9.52 Å². The fraction of sp³-hybridized carbons (Fsp3) is 0.727. The third-order valence-corrected chi connectivity index (χ3v) is 2.59. The molecule has 0 bridgehead atoms. The van der Waals surface area contributed by atoms with E-state index in [4.69, 9.17) is 9.52 Å². The van der Waals surface area contributed by atoms with Crippen molar-refractivity contribution in [3.63, 3.8) is 0 Å². The van der Waals surface area contributed by atoms with Crippen molar-refractivity contribution in [1.29, 1.82) is 0 Å². The van der Waals surface area contributed by atoms with Crippen LogP contribution in [0.5, 0.6) is 0 Å². The summed E-state index contributed by atoms with van der Waals surface area (Å²) in [5.74, 6) is 2.10. The number of nitrogens with zero attached hydrogens (tertiary/aromatic N) is 1. The number of rotatable bonds is 5. The van der Waals surface area contributed by atoms with Crippen molar-refractivity contribution in [2.45, 2.75) is 46.0 Å². The average molecular weight is 197 g/mol. The largest absolute Gasteiger partial charge is 0.445 e. The van der Waals surface area contributed by atoms with E-state index in [0.29, 0.717) is 12.3 Å². The number of hydrogen-bond acceptors (Lipinski definition) is 3. The monoisotopic (exact) mass is 197 g/mol. The first-order chi connectivity index (χ1) is 6.72. The average Bonchev–Trinajstić information content (AvgIpc) is 2.51. The van der Waals surface area contributed by atoms with E-state index in [9.17, 15) is 0 Å². The Kier molecular flexibility index (Phi) is 4.14. The quantitative estimate of drug-likeness (QED) is 0.788. The number of aliphatic hydroxyl groups excluding tert-OH is 1. The summed E-state index contributed by atoms with van der Waals surface area (Å²) in [5.41, 5.74) is 0.898. The maximum absolute atomic E-state index is 8.82. The molecule has 1 aromatic heterocycles. The minimum absolute atomic E-state index is 0.135. The van der Waals surface area contributed by atoms with Gasteiger partial charge in [0.2, 0.25) is 0 Å². The van der Waals surface area contributed by atoms with E-state index in [1.54, 1.807) is 0 Å². The third kappa shape index (κ3) is 2.35. The SMILES string of the molecule is CCC(CC)c1nc(CCO)c(C)o1. The highest BCUT2D eigenvalue weighted by molar-refractivity contribution is 5.10. The van der Waals surface area contributed by atoms with Crippen LogP contribution >= 0.6 is 0 Å². The molecule has 0 unspecified atom stereocenters. The first-order valence-corrected chi connectivity index (χ1v) is 5.29. The van der Waals surface area contributed by atoms with Crippen LogP contribution in [0.4, 0.5) is 0 Å². The van der Waals surface area contributed by atoms with Crippen molar-refractivity contribution in [3.05, 3.63) is 17.3 Å². The van der Waals surface area contributed by atoms with Crippen molar-refractivity contribution in [2.24, 2.45) is 0 Å². The molecule has 3 heteroatoms. The fourth-order valence-electron chi connectivity index (χ4n) is 1.60. The summed E-state index contributed by atoms with van der Waals surface area (Å²) in [6, 6.07) is 0. The lowest BCUT2D eigenvalue weighted by molar-refractivity contribution is 0.297. The van der Waals surface area contributed by atoms with Crippen LogP contribution in [0, 0.1) is 6.92 Å². The number of aliphatic hydroxyl groups is 1. The standard InChI is InChI=1S/C11H19NO2/c1-4-9(5-2)11-12-10(6-7-13)8(3)14-11/h9,13H,4-7H2,1-3H3. The van der Waals surface area contributed by atoms with Crippen molar-refractivity contribution in [3.8, 4) is 0 Å². The van der Waals surface area contributed by atoms with Gasteiger partial charge in [-0.2, -0.15) is 0 Å². The summed E-state index contributed by atoms with van der Waals surface area (Å²) in [4.78, 5) is 4.41. The molecule has 1 aromatic rings. The first-order valence-electron chi connectivity index (χ1n) is 5.29. The van der Waals surface area contributed by atoms with E-state index in [0.717, 1.165) is 30.2 Å². The van der Waals surface area contributed by atoms with Gasteiger partial charge >= 0.3 is 0 Å². The molecule has 80 valence electrons. The summed E-state index contributed by atoms with van der Waals surface area (Å²) in [7, 11) is 0. The maximum atomic E-state index is 8.82. The molecule has 0 aliphatic carbocycles. The first kappa shape index (κ1) is 11.2. The van der Waals surface area contributed by atoms with Gasteiger partial charge in [0.05, 0.1) is 5.69 Å². The number of oxazole rings is 1. The topological polar surface area (TPSA) is 46.3 Å². The second-order valence-corrected chi connectivity index (χ2v) is 3.54.